The number of aryl methyl sites for hydroxylation is 1. The molecular weight excluding hydrogens is 394 g/mol. The molecule has 0 heterocycles. The summed E-state index contributed by atoms with van der Waals surface area (Å²) in [7, 11) is 3.36. The Labute approximate surface area is 155 Å². The number of halogens is 2. The lowest BCUT2D eigenvalue weighted by Gasteiger charge is -2.19. The summed E-state index contributed by atoms with van der Waals surface area (Å²) in [5, 5.41) is 0.601. The number of nitrogens with zero attached hydrogens (tertiary/aromatic N) is 1. The zero-order valence-electron chi connectivity index (χ0n) is 13.8. The SMILES string of the molecule is COc1ccc(C)cc1CN(C)C(=O)COc1ccc(Cl)cc1Br. The fourth-order valence-electron chi connectivity index (χ4n) is 2.22. The number of likely N-dealkylation sites (N-methyl/N-ethyl adjacent to an activating group) is 1. The molecule has 0 saturated heterocycles. The Morgan fingerprint density at radius 2 is 1.92 bits per heavy atom. The summed E-state index contributed by atoms with van der Waals surface area (Å²) in [4.78, 5) is 13.9. The van der Waals surface area contributed by atoms with Gasteiger partial charge in [0.25, 0.3) is 5.91 Å². The van der Waals surface area contributed by atoms with Gasteiger partial charge in [0.05, 0.1) is 11.6 Å². The Hall–Kier alpha value is -1.72. The number of hydrogen-bond donors (Lipinski definition) is 0. The first-order chi connectivity index (χ1) is 11.4. The molecule has 0 aliphatic carbocycles. The summed E-state index contributed by atoms with van der Waals surface area (Å²) in [6.45, 7) is 2.41. The maximum absolute atomic E-state index is 12.3. The average molecular weight is 413 g/mol. The fourth-order valence-corrected chi connectivity index (χ4v) is 3.01. The van der Waals surface area contributed by atoms with Crippen LogP contribution in [0.2, 0.25) is 5.02 Å². The van der Waals surface area contributed by atoms with Crippen LogP contribution < -0.4 is 9.47 Å². The number of amides is 1. The molecule has 0 N–H and O–H groups in total. The molecule has 2 rings (SSSR count). The molecule has 0 unspecified atom stereocenters. The van der Waals surface area contributed by atoms with Crippen molar-refractivity contribution in [1.29, 1.82) is 0 Å². The van der Waals surface area contributed by atoms with Crippen molar-refractivity contribution < 1.29 is 14.3 Å². The van der Waals surface area contributed by atoms with E-state index in [1.54, 1.807) is 37.3 Å². The highest BCUT2D eigenvalue weighted by Gasteiger charge is 2.14. The van der Waals surface area contributed by atoms with Gasteiger partial charge in [-0.3, -0.25) is 4.79 Å². The summed E-state index contributed by atoms with van der Waals surface area (Å²) in [6.07, 6.45) is 0. The van der Waals surface area contributed by atoms with Crippen LogP contribution in [0.3, 0.4) is 0 Å². The number of hydrogen-bond acceptors (Lipinski definition) is 3. The zero-order valence-corrected chi connectivity index (χ0v) is 16.1. The van der Waals surface area contributed by atoms with E-state index < -0.39 is 0 Å². The molecule has 128 valence electrons. The topological polar surface area (TPSA) is 38.8 Å². The molecule has 0 aliphatic heterocycles. The van der Waals surface area contributed by atoms with Crippen molar-refractivity contribution in [3.63, 3.8) is 0 Å². The monoisotopic (exact) mass is 411 g/mol. The van der Waals surface area contributed by atoms with Gasteiger partial charge in [-0.1, -0.05) is 29.3 Å². The third kappa shape index (κ3) is 4.89. The normalized spacial score (nSPS) is 10.4. The first kappa shape index (κ1) is 18.6. The summed E-state index contributed by atoms with van der Waals surface area (Å²) in [5.41, 5.74) is 2.08. The second-order valence-corrected chi connectivity index (χ2v) is 6.72. The van der Waals surface area contributed by atoms with Crippen molar-refractivity contribution in [1.82, 2.24) is 4.90 Å². The number of rotatable bonds is 6. The van der Waals surface area contributed by atoms with Crippen LogP contribution in [0.25, 0.3) is 0 Å². The predicted molar refractivity (Wildman–Crippen MR) is 98.9 cm³/mol. The first-order valence-corrected chi connectivity index (χ1v) is 8.53. The van der Waals surface area contributed by atoms with Crippen molar-refractivity contribution in [3.05, 3.63) is 57.0 Å². The molecule has 0 saturated carbocycles. The van der Waals surface area contributed by atoms with Crippen LogP contribution in [-0.2, 0) is 11.3 Å². The highest BCUT2D eigenvalue weighted by Crippen LogP contribution is 2.28. The van der Waals surface area contributed by atoms with E-state index in [0.717, 1.165) is 16.9 Å². The van der Waals surface area contributed by atoms with E-state index in [9.17, 15) is 4.79 Å². The highest BCUT2D eigenvalue weighted by molar-refractivity contribution is 9.10. The van der Waals surface area contributed by atoms with Gasteiger partial charge in [0.15, 0.2) is 6.61 Å². The lowest BCUT2D eigenvalue weighted by molar-refractivity contribution is -0.132. The van der Waals surface area contributed by atoms with E-state index in [1.165, 1.54) is 0 Å². The maximum Gasteiger partial charge on any atom is 0.260 e. The van der Waals surface area contributed by atoms with Gasteiger partial charge >= 0.3 is 0 Å². The Bertz CT molecular complexity index is 736. The summed E-state index contributed by atoms with van der Waals surface area (Å²) in [5.74, 6) is 1.22. The van der Waals surface area contributed by atoms with E-state index in [4.69, 9.17) is 21.1 Å². The van der Waals surface area contributed by atoms with Gasteiger partial charge in [0.2, 0.25) is 0 Å². The van der Waals surface area contributed by atoms with Gasteiger partial charge in [-0.25, -0.2) is 0 Å². The molecule has 0 fully saturated rings. The largest absolute Gasteiger partial charge is 0.496 e. The van der Waals surface area contributed by atoms with Crippen LogP contribution in [0.15, 0.2) is 40.9 Å². The average Bonchev–Trinajstić information content (AvgIpc) is 2.54. The lowest BCUT2D eigenvalue weighted by Crippen LogP contribution is -2.31. The number of carbonyl (C=O) groups excluding carboxylic acids is 1. The molecule has 1 amide bonds. The van der Waals surface area contributed by atoms with Gasteiger partial charge in [-0.2, -0.15) is 0 Å². The van der Waals surface area contributed by atoms with E-state index in [0.29, 0.717) is 21.8 Å². The van der Waals surface area contributed by atoms with E-state index in [-0.39, 0.29) is 12.5 Å². The smallest absolute Gasteiger partial charge is 0.260 e. The van der Waals surface area contributed by atoms with Crippen molar-refractivity contribution in [2.24, 2.45) is 0 Å². The molecule has 6 heteroatoms. The van der Waals surface area contributed by atoms with Crippen LogP contribution >= 0.6 is 27.5 Å². The third-order valence-electron chi connectivity index (χ3n) is 3.51. The molecule has 2 aromatic rings. The molecule has 4 nitrogen and oxygen atoms in total. The van der Waals surface area contributed by atoms with Crippen LogP contribution in [0.1, 0.15) is 11.1 Å². The van der Waals surface area contributed by atoms with Crippen molar-refractivity contribution in [2.45, 2.75) is 13.5 Å². The minimum Gasteiger partial charge on any atom is -0.496 e. The Morgan fingerprint density at radius 1 is 1.21 bits per heavy atom. The van der Waals surface area contributed by atoms with Crippen molar-refractivity contribution in [3.8, 4) is 11.5 Å². The lowest BCUT2D eigenvalue weighted by atomic mass is 10.1. The summed E-state index contributed by atoms with van der Waals surface area (Å²) in [6, 6.07) is 11.1. The second kappa shape index (κ2) is 8.40. The van der Waals surface area contributed by atoms with E-state index >= 15 is 0 Å². The van der Waals surface area contributed by atoms with Gasteiger partial charge < -0.3 is 14.4 Å². The standard InChI is InChI=1S/C18H19BrClNO3/c1-12-4-6-16(23-3)13(8-12)10-21(2)18(22)11-24-17-7-5-14(20)9-15(17)19/h4-9H,10-11H2,1-3H3. The maximum atomic E-state index is 12.3. The Balaban J connectivity index is 1.98. The van der Waals surface area contributed by atoms with Crippen LogP contribution in [0, 0.1) is 6.92 Å². The Morgan fingerprint density at radius 3 is 2.58 bits per heavy atom. The zero-order chi connectivity index (χ0) is 17.7. The number of benzene rings is 2. The van der Waals surface area contributed by atoms with Gasteiger partial charge in [0.1, 0.15) is 11.5 Å². The summed E-state index contributed by atoms with van der Waals surface area (Å²) >= 11 is 9.25. The first-order valence-electron chi connectivity index (χ1n) is 7.36. The van der Waals surface area contributed by atoms with Crippen molar-refractivity contribution in [2.75, 3.05) is 20.8 Å². The van der Waals surface area contributed by atoms with Crippen LogP contribution in [0.4, 0.5) is 0 Å². The quantitative estimate of drug-likeness (QED) is 0.703. The van der Waals surface area contributed by atoms with Gasteiger partial charge in [0, 0.05) is 24.2 Å². The van der Waals surface area contributed by atoms with E-state index in [2.05, 4.69) is 15.9 Å². The van der Waals surface area contributed by atoms with Gasteiger partial charge in [-0.05, 0) is 47.1 Å². The van der Waals surface area contributed by atoms with Crippen LogP contribution in [-0.4, -0.2) is 31.6 Å². The molecule has 0 aromatic heterocycles. The molecular formula is C18H19BrClNO3. The minimum atomic E-state index is -0.125. The highest BCUT2D eigenvalue weighted by atomic mass is 79.9. The fraction of sp³-hybridized carbons (Fsp3) is 0.278. The molecule has 0 atom stereocenters. The second-order valence-electron chi connectivity index (χ2n) is 5.43. The van der Waals surface area contributed by atoms with Crippen molar-refractivity contribution >= 4 is 33.4 Å². The summed E-state index contributed by atoms with van der Waals surface area (Å²) < 4.78 is 11.6. The number of carbonyl (C=O) groups is 1. The van der Waals surface area contributed by atoms with E-state index in [1.807, 2.05) is 25.1 Å². The molecule has 0 spiro atoms. The van der Waals surface area contributed by atoms with Gasteiger partial charge in [-0.15, -0.1) is 0 Å². The Kier molecular flexibility index (Phi) is 6.52. The predicted octanol–water partition coefficient (Wildman–Crippen LogP) is 4.46. The third-order valence-corrected chi connectivity index (χ3v) is 4.37. The molecule has 24 heavy (non-hydrogen) atoms. The van der Waals surface area contributed by atoms with Crippen LogP contribution in [0.5, 0.6) is 11.5 Å². The number of methoxy groups -OCH3 is 1. The molecule has 2 aromatic carbocycles. The number of ether oxygens (including phenoxy) is 2. The molecule has 0 bridgehead atoms. The molecule has 0 aliphatic rings. The molecule has 0 radical (unpaired) electrons. The minimum absolute atomic E-state index is 0.0507.